The quantitative estimate of drug-likeness (QED) is 0.735. The van der Waals surface area contributed by atoms with Crippen LogP contribution < -0.4 is 4.74 Å². The molecule has 0 atom stereocenters. The number of benzene rings is 1. The predicted molar refractivity (Wildman–Crippen MR) is 62.9 cm³/mol. The van der Waals surface area contributed by atoms with Crippen molar-refractivity contribution in [1.29, 1.82) is 0 Å². The van der Waals surface area contributed by atoms with Gasteiger partial charge in [-0.2, -0.15) is 0 Å². The minimum Gasteiger partial charge on any atom is -0.490 e. The number of hydrogen-bond donors (Lipinski definition) is 0. The van der Waals surface area contributed by atoms with Gasteiger partial charge in [0.1, 0.15) is 11.3 Å². The monoisotopic (exact) mass is 222 g/mol. The van der Waals surface area contributed by atoms with Gasteiger partial charge in [0.25, 0.3) is 0 Å². The van der Waals surface area contributed by atoms with Crippen LogP contribution in [0.15, 0.2) is 18.2 Å². The first-order valence-electron chi connectivity index (χ1n) is 5.49. The van der Waals surface area contributed by atoms with Gasteiger partial charge in [-0.1, -0.05) is 12.1 Å². The Bertz CT molecular complexity index is 369. The number of rotatable bonds is 4. The van der Waals surface area contributed by atoms with Gasteiger partial charge in [-0.3, -0.25) is 0 Å². The average Bonchev–Trinajstić information content (AvgIpc) is 2.20. The van der Waals surface area contributed by atoms with Gasteiger partial charge in [0.05, 0.1) is 12.7 Å². The molecule has 0 saturated heterocycles. The summed E-state index contributed by atoms with van der Waals surface area (Å²) in [6.07, 6.45) is 0.0364. The third-order valence-electron chi connectivity index (χ3n) is 2.06. The number of ether oxygens (including phenoxy) is 2. The van der Waals surface area contributed by atoms with E-state index in [0.29, 0.717) is 17.9 Å². The summed E-state index contributed by atoms with van der Waals surface area (Å²) in [6.45, 7) is 7.94. The Balaban J connectivity index is 3.07. The van der Waals surface area contributed by atoms with Crippen molar-refractivity contribution >= 4 is 5.97 Å². The number of esters is 1. The van der Waals surface area contributed by atoms with Crippen LogP contribution in [0.3, 0.4) is 0 Å². The summed E-state index contributed by atoms with van der Waals surface area (Å²) in [6, 6.07) is 5.47. The maximum atomic E-state index is 11.7. The highest BCUT2D eigenvalue weighted by Gasteiger charge is 2.16. The molecule has 0 spiro atoms. The lowest BCUT2D eigenvalue weighted by Gasteiger charge is -2.15. The zero-order valence-corrected chi connectivity index (χ0v) is 10.2. The van der Waals surface area contributed by atoms with Crippen LogP contribution in [0.5, 0.6) is 5.75 Å². The first kappa shape index (κ1) is 12.6. The topological polar surface area (TPSA) is 35.5 Å². The first-order chi connectivity index (χ1) is 7.56. The van der Waals surface area contributed by atoms with E-state index in [1.165, 1.54) is 0 Å². The molecule has 1 rings (SSSR count). The summed E-state index contributed by atoms with van der Waals surface area (Å²) >= 11 is 0. The number of hydrogen-bond acceptors (Lipinski definition) is 3. The molecule has 16 heavy (non-hydrogen) atoms. The lowest BCUT2D eigenvalue weighted by Crippen LogP contribution is -2.13. The lowest BCUT2D eigenvalue weighted by molar-refractivity contribution is 0.0520. The number of carbonyl (C=O) groups is 1. The second-order valence-electron chi connectivity index (χ2n) is 3.84. The molecule has 0 heterocycles. The Morgan fingerprint density at radius 1 is 1.38 bits per heavy atom. The Hall–Kier alpha value is -1.51. The highest BCUT2D eigenvalue weighted by Crippen LogP contribution is 2.25. The minimum absolute atomic E-state index is 0.0364. The maximum absolute atomic E-state index is 11.7. The fourth-order valence-electron chi connectivity index (χ4n) is 1.41. The Kier molecular flexibility index (Phi) is 4.35. The molecular formula is C13H18O3. The van der Waals surface area contributed by atoms with Crippen molar-refractivity contribution in [2.24, 2.45) is 0 Å². The fraction of sp³-hybridized carbons (Fsp3) is 0.462. The molecule has 1 aromatic rings. The van der Waals surface area contributed by atoms with Crippen molar-refractivity contribution in [1.82, 2.24) is 0 Å². The maximum Gasteiger partial charge on any atom is 0.341 e. The molecule has 0 aliphatic rings. The van der Waals surface area contributed by atoms with Crippen LogP contribution >= 0.6 is 0 Å². The van der Waals surface area contributed by atoms with Crippen molar-refractivity contribution in [2.75, 3.05) is 6.61 Å². The van der Waals surface area contributed by atoms with Gasteiger partial charge in [-0.05, 0) is 39.3 Å². The van der Waals surface area contributed by atoms with Gasteiger partial charge >= 0.3 is 5.97 Å². The average molecular weight is 222 g/mol. The molecule has 0 bridgehead atoms. The first-order valence-corrected chi connectivity index (χ1v) is 5.49. The van der Waals surface area contributed by atoms with E-state index >= 15 is 0 Å². The molecule has 0 unspecified atom stereocenters. The molecule has 0 amide bonds. The van der Waals surface area contributed by atoms with Crippen LogP contribution in [0.4, 0.5) is 0 Å². The Labute approximate surface area is 96.4 Å². The molecule has 0 N–H and O–H groups in total. The summed E-state index contributed by atoms with van der Waals surface area (Å²) < 4.78 is 10.6. The number of para-hydroxylation sites is 1. The fourth-order valence-corrected chi connectivity index (χ4v) is 1.41. The molecule has 0 radical (unpaired) electrons. The van der Waals surface area contributed by atoms with Crippen LogP contribution in [0.2, 0.25) is 0 Å². The summed E-state index contributed by atoms with van der Waals surface area (Å²) in [5, 5.41) is 0. The van der Waals surface area contributed by atoms with E-state index in [2.05, 4.69) is 0 Å². The second-order valence-corrected chi connectivity index (χ2v) is 3.84. The highest BCUT2D eigenvalue weighted by atomic mass is 16.5. The van der Waals surface area contributed by atoms with E-state index in [1.807, 2.05) is 32.9 Å². The third-order valence-corrected chi connectivity index (χ3v) is 2.06. The van der Waals surface area contributed by atoms with Crippen molar-refractivity contribution < 1.29 is 14.3 Å². The standard InChI is InChI=1S/C13H18O3/c1-5-15-13(14)11-8-6-7-10(4)12(11)16-9(2)3/h6-9H,5H2,1-4H3. The van der Waals surface area contributed by atoms with Gasteiger partial charge in [0.15, 0.2) is 0 Å². The van der Waals surface area contributed by atoms with E-state index < -0.39 is 0 Å². The van der Waals surface area contributed by atoms with Gasteiger partial charge in [0, 0.05) is 0 Å². The molecule has 3 nitrogen and oxygen atoms in total. The highest BCUT2D eigenvalue weighted by molar-refractivity contribution is 5.93. The van der Waals surface area contributed by atoms with E-state index in [4.69, 9.17) is 9.47 Å². The van der Waals surface area contributed by atoms with Crippen molar-refractivity contribution in [3.63, 3.8) is 0 Å². The third kappa shape index (κ3) is 2.99. The number of carbonyl (C=O) groups excluding carboxylic acids is 1. The molecule has 0 fully saturated rings. The molecule has 0 aromatic heterocycles. The van der Waals surface area contributed by atoms with Crippen LogP contribution in [0, 0.1) is 6.92 Å². The van der Waals surface area contributed by atoms with Crippen LogP contribution in [0.25, 0.3) is 0 Å². The molecule has 0 saturated carbocycles. The van der Waals surface area contributed by atoms with E-state index in [1.54, 1.807) is 13.0 Å². The molecule has 3 heteroatoms. The molecule has 1 aromatic carbocycles. The summed E-state index contributed by atoms with van der Waals surface area (Å²) in [5.41, 5.74) is 1.44. The summed E-state index contributed by atoms with van der Waals surface area (Å²) in [5.74, 6) is 0.290. The SMILES string of the molecule is CCOC(=O)c1cccc(C)c1OC(C)C. The second kappa shape index (κ2) is 5.54. The summed E-state index contributed by atoms with van der Waals surface area (Å²) in [7, 11) is 0. The smallest absolute Gasteiger partial charge is 0.341 e. The number of aryl methyl sites for hydroxylation is 1. The molecule has 0 aliphatic heterocycles. The summed E-state index contributed by atoms with van der Waals surface area (Å²) in [4.78, 5) is 11.7. The van der Waals surface area contributed by atoms with Crippen LogP contribution in [0.1, 0.15) is 36.7 Å². The van der Waals surface area contributed by atoms with Crippen molar-refractivity contribution in [3.8, 4) is 5.75 Å². The zero-order chi connectivity index (χ0) is 12.1. The lowest BCUT2D eigenvalue weighted by atomic mass is 10.1. The molecule has 0 aliphatic carbocycles. The van der Waals surface area contributed by atoms with Gasteiger partial charge in [0.2, 0.25) is 0 Å². The van der Waals surface area contributed by atoms with Crippen molar-refractivity contribution in [3.05, 3.63) is 29.3 Å². The van der Waals surface area contributed by atoms with Crippen LogP contribution in [-0.4, -0.2) is 18.7 Å². The largest absolute Gasteiger partial charge is 0.490 e. The van der Waals surface area contributed by atoms with E-state index in [-0.39, 0.29) is 12.1 Å². The Morgan fingerprint density at radius 2 is 2.06 bits per heavy atom. The van der Waals surface area contributed by atoms with Crippen LogP contribution in [-0.2, 0) is 4.74 Å². The van der Waals surface area contributed by atoms with Gasteiger partial charge in [-0.15, -0.1) is 0 Å². The van der Waals surface area contributed by atoms with Crippen molar-refractivity contribution in [2.45, 2.75) is 33.8 Å². The van der Waals surface area contributed by atoms with E-state index in [0.717, 1.165) is 5.56 Å². The molecular weight excluding hydrogens is 204 g/mol. The Morgan fingerprint density at radius 3 is 2.62 bits per heavy atom. The minimum atomic E-state index is -0.332. The zero-order valence-electron chi connectivity index (χ0n) is 10.2. The molecule has 88 valence electrons. The normalized spacial score (nSPS) is 10.3. The van der Waals surface area contributed by atoms with Gasteiger partial charge in [-0.25, -0.2) is 4.79 Å². The predicted octanol–water partition coefficient (Wildman–Crippen LogP) is 2.96. The van der Waals surface area contributed by atoms with Gasteiger partial charge < -0.3 is 9.47 Å². The van der Waals surface area contributed by atoms with E-state index in [9.17, 15) is 4.79 Å².